The highest BCUT2D eigenvalue weighted by atomic mass is 32.2. The van der Waals surface area contributed by atoms with Crippen molar-refractivity contribution in [3.8, 4) is 5.75 Å². The lowest BCUT2D eigenvalue weighted by molar-refractivity contribution is 0.342. The summed E-state index contributed by atoms with van der Waals surface area (Å²) in [4.78, 5) is 4.12. The number of hydrogen-bond donors (Lipinski definition) is 2. The first kappa shape index (κ1) is 17.1. The summed E-state index contributed by atoms with van der Waals surface area (Å²) in [5, 5.41) is 3.21. The molecule has 0 saturated carbocycles. The van der Waals surface area contributed by atoms with Crippen LogP contribution in [0.5, 0.6) is 5.75 Å². The molecule has 7 heteroatoms. The molecule has 0 saturated heterocycles. The van der Waals surface area contributed by atoms with Crippen molar-refractivity contribution in [2.75, 3.05) is 22.4 Å². The fourth-order valence-corrected chi connectivity index (χ4v) is 3.09. The molecule has 2 N–H and O–H groups in total. The number of nitrogens with zero attached hydrogens (tertiary/aromatic N) is 1. The number of hydrogen-bond acceptors (Lipinski definition) is 5. The standard InChI is InChI=1S/C16H21N3O3S/c1-3-11-23(20,21)19-16-10-9-13(12-17-16)18-14-7-5-6-8-15(14)22-4-2/h5-10,12,18H,3-4,11H2,1-2H3,(H,17,19). The number of pyridine rings is 1. The Labute approximate surface area is 137 Å². The van der Waals surface area contributed by atoms with Gasteiger partial charge in [0.05, 0.1) is 29.9 Å². The molecule has 0 atom stereocenters. The van der Waals surface area contributed by atoms with Gasteiger partial charge in [-0.3, -0.25) is 4.72 Å². The van der Waals surface area contributed by atoms with Crippen molar-refractivity contribution < 1.29 is 13.2 Å². The summed E-state index contributed by atoms with van der Waals surface area (Å²) in [7, 11) is -3.32. The Hall–Kier alpha value is -2.28. The van der Waals surface area contributed by atoms with Gasteiger partial charge in [0.2, 0.25) is 10.0 Å². The molecule has 6 nitrogen and oxygen atoms in total. The quantitative estimate of drug-likeness (QED) is 0.773. The first-order valence-electron chi connectivity index (χ1n) is 7.49. The van der Waals surface area contributed by atoms with Crippen LogP contribution in [0, 0.1) is 0 Å². The molecule has 124 valence electrons. The number of anilines is 3. The molecule has 0 aliphatic carbocycles. The topological polar surface area (TPSA) is 80.3 Å². The van der Waals surface area contributed by atoms with Crippen molar-refractivity contribution in [1.82, 2.24) is 4.98 Å². The Balaban J connectivity index is 2.09. The van der Waals surface area contributed by atoms with Crippen LogP contribution >= 0.6 is 0 Å². The van der Waals surface area contributed by atoms with E-state index in [0.29, 0.717) is 18.8 Å². The largest absolute Gasteiger partial charge is 0.492 e. The van der Waals surface area contributed by atoms with Gasteiger partial charge in [-0.05, 0) is 37.6 Å². The molecular weight excluding hydrogens is 314 g/mol. The lowest BCUT2D eigenvalue weighted by atomic mass is 10.2. The number of benzene rings is 1. The summed E-state index contributed by atoms with van der Waals surface area (Å²) in [5.74, 6) is 1.14. The zero-order valence-electron chi connectivity index (χ0n) is 13.2. The minimum absolute atomic E-state index is 0.0798. The molecule has 1 heterocycles. The Bertz CT molecular complexity index is 730. The van der Waals surface area contributed by atoms with Crippen LogP contribution in [0.2, 0.25) is 0 Å². The van der Waals surface area contributed by atoms with E-state index in [4.69, 9.17) is 4.74 Å². The number of sulfonamides is 1. The maximum atomic E-state index is 11.7. The van der Waals surface area contributed by atoms with E-state index in [9.17, 15) is 8.42 Å². The van der Waals surface area contributed by atoms with Crippen LogP contribution in [0.1, 0.15) is 20.3 Å². The normalized spacial score (nSPS) is 11.0. The van der Waals surface area contributed by atoms with Crippen molar-refractivity contribution in [3.05, 3.63) is 42.6 Å². The van der Waals surface area contributed by atoms with Gasteiger partial charge in [0, 0.05) is 0 Å². The lowest BCUT2D eigenvalue weighted by Crippen LogP contribution is -2.16. The van der Waals surface area contributed by atoms with Gasteiger partial charge in [0.15, 0.2) is 0 Å². The molecule has 0 amide bonds. The maximum Gasteiger partial charge on any atom is 0.233 e. The second-order valence-corrected chi connectivity index (χ2v) is 6.75. The maximum absolute atomic E-state index is 11.7. The van der Waals surface area contributed by atoms with Crippen molar-refractivity contribution in [2.45, 2.75) is 20.3 Å². The van der Waals surface area contributed by atoms with Gasteiger partial charge in [0.1, 0.15) is 11.6 Å². The summed E-state index contributed by atoms with van der Waals surface area (Å²) in [5.41, 5.74) is 1.58. The van der Waals surface area contributed by atoms with Crippen LogP contribution in [0.3, 0.4) is 0 Å². The van der Waals surface area contributed by atoms with E-state index in [1.807, 2.05) is 38.1 Å². The Morgan fingerprint density at radius 3 is 2.57 bits per heavy atom. The summed E-state index contributed by atoms with van der Waals surface area (Å²) in [6.45, 7) is 4.32. The number of ether oxygens (including phenoxy) is 1. The van der Waals surface area contributed by atoms with E-state index < -0.39 is 10.0 Å². The molecular formula is C16H21N3O3S. The molecule has 0 fully saturated rings. The van der Waals surface area contributed by atoms with Gasteiger partial charge >= 0.3 is 0 Å². The monoisotopic (exact) mass is 335 g/mol. The molecule has 2 aromatic rings. The zero-order chi connectivity index (χ0) is 16.7. The smallest absolute Gasteiger partial charge is 0.233 e. The molecule has 2 rings (SSSR count). The minimum atomic E-state index is -3.32. The fourth-order valence-electron chi connectivity index (χ4n) is 2.01. The Morgan fingerprint density at radius 1 is 1.13 bits per heavy atom. The molecule has 0 aliphatic heterocycles. The molecule has 1 aromatic heterocycles. The molecule has 1 aromatic carbocycles. The van der Waals surface area contributed by atoms with E-state index in [1.54, 1.807) is 18.3 Å². The lowest BCUT2D eigenvalue weighted by Gasteiger charge is -2.12. The first-order chi connectivity index (χ1) is 11.0. The highest BCUT2D eigenvalue weighted by molar-refractivity contribution is 7.92. The van der Waals surface area contributed by atoms with Crippen molar-refractivity contribution in [2.24, 2.45) is 0 Å². The van der Waals surface area contributed by atoms with Gasteiger partial charge in [-0.15, -0.1) is 0 Å². The van der Waals surface area contributed by atoms with Crippen LogP contribution in [0.25, 0.3) is 0 Å². The number of aromatic nitrogens is 1. The number of rotatable bonds is 8. The molecule has 0 spiro atoms. The SMILES string of the molecule is CCCS(=O)(=O)Nc1ccc(Nc2ccccc2OCC)cn1. The van der Waals surface area contributed by atoms with Crippen LogP contribution < -0.4 is 14.8 Å². The van der Waals surface area contributed by atoms with Gasteiger partial charge in [-0.2, -0.15) is 0 Å². The van der Waals surface area contributed by atoms with E-state index in [0.717, 1.165) is 17.1 Å². The second kappa shape index (κ2) is 7.82. The third-order valence-corrected chi connectivity index (χ3v) is 4.43. The molecule has 0 unspecified atom stereocenters. The number of nitrogens with one attached hydrogen (secondary N) is 2. The predicted octanol–water partition coefficient (Wildman–Crippen LogP) is 3.38. The predicted molar refractivity (Wildman–Crippen MR) is 92.8 cm³/mol. The average Bonchev–Trinajstić information content (AvgIpc) is 2.51. The van der Waals surface area contributed by atoms with Crippen molar-refractivity contribution in [3.63, 3.8) is 0 Å². The zero-order valence-corrected chi connectivity index (χ0v) is 14.1. The van der Waals surface area contributed by atoms with E-state index >= 15 is 0 Å². The minimum Gasteiger partial charge on any atom is -0.492 e. The Kier molecular flexibility index (Phi) is 5.81. The summed E-state index contributed by atoms with van der Waals surface area (Å²) in [6, 6.07) is 11.0. The summed E-state index contributed by atoms with van der Waals surface area (Å²) in [6.07, 6.45) is 2.13. The van der Waals surface area contributed by atoms with Crippen LogP contribution in [0.15, 0.2) is 42.6 Å². The fraction of sp³-hybridized carbons (Fsp3) is 0.312. The van der Waals surface area contributed by atoms with Gasteiger partial charge in [0.25, 0.3) is 0 Å². The highest BCUT2D eigenvalue weighted by Crippen LogP contribution is 2.27. The third-order valence-electron chi connectivity index (χ3n) is 2.96. The molecule has 0 bridgehead atoms. The molecule has 0 radical (unpaired) electrons. The molecule has 23 heavy (non-hydrogen) atoms. The van der Waals surface area contributed by atoms with E-state index in [2.05, 4.69) is 15.0 Å². The average molecular weight is 335 g/mol. The highest BCUT2D eigenvalue weighted by Gasteiger charge is 2.09. The van der Waals surface area contributed by atoms with Crippen LogP contribution in [0.4, 0.5) is 17.2 Å². The van der Waals surface area contributed by atoms with Gasteiger partial charge in [-0.1, -0.05) is 19.1 Å². The van der Waals surface area contributed by atoms with Gasteiger partial charge in [-0.25, -0.2) is 13.4 Å². The first-order valence-corrected chi connectivity index (χ1v) is 9.14. The molecule has 0 aliphatic rings. The Morgan fingerprint density at radius 2 is 1.91 bits per heavy atom. The number of para-hydroxylation sites is 2. The summed E-state index contributed by atoms with van der Waals surface area (Å²) >= 11 is 0. The van der Waals surface area contributed by atoms with Crippen molar-refractivity contribution in [1.29, 1.82) is 0 Å². The van der Waals surface area contributed by atoms with Crippen molar-refractivity contribution >= 4 is 27.2 Å². The van der Waals surface area contributed by atoms with Crippen LogP contribution in [-0.4, -0.2) is 25.8 Å². The third kappa shape index (κ3) is 5.14. The van der Waals surface area contributed by atoms with E-state index in [-0.39, 0.29) is 5.75 Å². The van der Waals surface area contributed by atoms with Crippen LogP contribution in [-0.2, 0) is 10.0 Å². The van der Waals surface area contributed by atoms with Gasteiger partial charge < -0.3 is 10.1 Å². The summed E-state index contributed by atoms with van der Waals surface area (Å²) < 4.78 is 31.4. The van der Waals surface area contributed by atoms with E-state index in [1.165, 1.54) is 0 Å². The second-order valence-electron chi connectivity index (χ2n) is 4.91.